The molecule has 1 atom stereocenters. The molecule has 5 rings (SSSR count). The highest BCUT2D eigenvalue weighted by atomic mass is 32.2. The third-order valence-electron chi connectivity index (χ3n) is 7.57. The summed E-state index contributed by atoms with van der Waals surface area (Å²) in [4.78, 5) is 35.8. The van der Waals surface area contributed by atoms with Crippen molar-refractivity contribution in [1.82, 2.24) is 20.1 Å². The fourth-order valence-electron chi connectivity index (χ4n) is 5.16. The van der Waals surface area contributed by atoms with Gasteiger partial charge in [-0.2, -0.15) is 4.99 Å². The van der Waals surface area contributed by atoms with Gasteiger partial charge in [-0.1, -0.05) is 49.9 Å². The number of carbonyl (C=O) groups is 2. The zero-order valence-electron chi connectivity index (χ0n) is 26.8. The topological polar surface area (TPSA) is 111 Å². The van der Waals surface area contributed by atoms with E-state index in [-0.39, 0.29) is 29.4 Å². The van der Waals surface area contributed by atoms with Gasteiger partial charge in [-0.25, -0.2) is 14.5 Å². The summed E-state index contributed by atoms with van der Waals surface area (Å²) in [7, 11) is 1.60. The van der Waals surface area contributed by atoms with Gasteiger partial charge in [0.15, 0.2) is 11.0 Å². The molecule has 2 heterocycles. The first-order valence-electron chi connectivity index (χ1n) is 15.3. The van der Waals surface area contributed by atoms with E-state index in [0.29, 0.717) is 28.1 Å². The Morgan fingerprint density at radius 2 is 1.75 bits per heavy atom. The highest BCUT2D eigenvalue weighted by Crippen LogP contribution is 2.35. The number of anilines is 1. The molecule has 14 heteroatoms. The van der Waals surface area contributed by atoms with Crippen molar-refractivity contribution in [1.29, 1.82) is 0 Å². The number of amidine groups is 1. The fraction of sp³-hybridized carbons (Fsp3) is 0.324. The molecule has 1 saturated heterocycles. The van der Waals surface area contributed by atoms with E-state index < -0.39 is 12.4 Å². The lowest BCUT2D eigenvalue weighted by Gasteiger charge is -2.22. The second kappa shape index (κ2) is 14.9. The summed E-state index contributed by atoms with van der Waals surface area (Å²) >= 11 is 1.24. The van der Waals surface area contributed by atoms with Crippen LogP contribution in [-0.2, 0) is 11.2 Å². The van der Waals surface area contributed by atoms with Gasteiger partial charge < -0.3 is 14.8 Å². The molecule has 0 radical (unpaired) electrons. The number of methoxy groups -OCH3 is 1. The monoisotopic (exact) mass is 680 g/mol. The lowest BCUT2D eigenvalue weighted by Crippen LogP contribution is -2.34. The predicted octanol–water partition coefficient (Wildman–Crippen LogP) is 7.52. The van der Waals surface area contributed by atoms with E-state index in [9.17, 15) is 22.8 Å². The minimum Gasteiger partial charge on any atom is -0.497 e. The molecule has 1 aromatic heterocycles. The van der Waals surface area contributed by atoms with Gasteiger partial charge in [0.1, 0.15) is 17.8 Å². The van der Waals surface area contributed by atoms with Gasteiger partial charge in [0, 0.05) is 11.6 Å². The normalized spacial score (nSPS) is 14.9. The minimum atomic E-state index is -4.75. The number of rotatable bonds is 11. The number of ether oxygens (including phenoxy) is 2. The third-order valence-corrected chi connectivity index (χ3v) is 8.49. The first-order chi connectivity index (χ1) is 22.9. The Hall–Kier alpha value is -4.85. The van der Waals surface area contributed by atoms with Crippen molar-refractivity contribution in [2.75, 3.05) is 17.8 Å². The van der Waals surface area contributed by atoms with E-state index >= 15 is 0 Å². The Balaban J connectivity index is 1.12. The van der Waals surface area contributed by atoms with Gasteiger partial charge in [-0.05, 0) is 85.7 Å². The van der Waals surface area contributed by atoms with Crippen molar-refractivity contribution >= 4 is 34.6 Å². The number of amides is 3. The van der Waals surface area contributed by atoms with Crippen LogP contribution in [-0.4, -0.2) is 57.1 Å². The molecule has 10 nitrogen and oxygen atoms in total. The molecule has 0 aliphatic carbocycles. The number of benzene rings is 3. The number of carbonyl (C=O) groups excluding carboxylic acids is 2. The molecule has 0 bridgehead atoms. The van der Waals surface area contributed by atoms with Gasteiger partial charge in [0.05, 0.1) is 24.2 Å². The summed E-state index contributed by atoms with van der Waals surface area (Å²) in [5.74, 6) is 1.06. The Morgan fingerprint density at radius 3 is 2.42 bits per heavy atom. The lowest BCUT2D eigenvalue weighted by molar-refractivity contribution is -0.274. The number of aromatic nitrogens is 3. The number of aryl methyl sites for hydroxylation is 1. The van der Waals surface area contributed by atoms with Crippen LogP contribution in [0.15, 0.2) is 78.0 Å². The second-order valence-electron chi connectivity index (χ2n) is 11.5. The summed E-state index contributed by atoms with van der Waals surface area (Å²) in [6.07, 6.45) is -0.928. The number of hydrogen-bond acceptors (Lipinski definition) is 7. The molecule has 252 valence electrons. The van der Waals surface area contributed by atoms with E-state index in [2.05, 4.69) is 25.1 Å². The zero-order valence-corrected chi connectivity index (χ0v) is 27.6. The van der Waals surface area contributed by atoms with Crippen molar-refractivity contribution in [3.05, 3.63) is 84.2 Å². The maximum Gasteiger partial charge on any atom is 0.573 e. The van der Waals surface area contributed by atoms with Crippen LogP contribution in [0.1, 0.15) is 50.7 Å². The molecule has 0 saturated carbocycles. The smallest absolute Gasteiger partial charge is 0.497 e. The molecule has 3 aromatic carbocycles. The highest BCUT2D eigenvalue weighted by Gasteiger charge is 2.33. The second-order valence-corrected chi connectivity index (χ2v) is 12.4. The highest BCUT2D eigenvalue weighted by molar-refractivity contribution is 8.15. The van der Waals surface area contributed by atoms with Crippen LogP contribution < -0.4 is 19.7 Å². The maximum atomic E-state index is 12.8. The van der Waals surface area contributed by atoms with E-state index in [1.807, 2.05) is 57.2 Å². The number of aliphatic imine (C=N–C) groups is 1. The molecule has 48 heavy (non-hydrogen) atoms. The summed E-state index contributed by atoms with van der Waals surface area (Å²) in [5, 5.41) is 7.72. The number of thioether (sulfide) groups is 1. The van der Waals surface area contributed by atoms with E-state index in [1.54, 1.807) is 13.2 Å². The van der Waals surface area contributed by atoms with Crippen LogP contribution in [0.25, 0.3) is 17.1 Å². The number of alkyl halides is 3. The van der Waals surface area contributed by atoms with Gasteiger partial charge in [-0.15, -0.1) is 18.3 Å². The van der Waals surface area contributed by atoms with Crippen LogP contribution in [0.2, 0.25) is 0 Å². The third kappa shape index (κ3) is 8.73. The van der Waals surface area contributed by atoms with Crippen LogP contribution in [0, 0.1) is 0 Å². The summed E-state index contributed by atoms with van der Waals surface area (Å²) in [6.45, 7) is 5.99. The molecule has 1 aliphatic rings. The average molecular weight is 681 g/mol. The molecule has 1 N–H and O–H groups in total. The minimum absolute atomic E-state index is 0.125. The van der Waals surface area contributed by atoms with Gasteiger partial charge >= 0.3 is 12.4 Å². The summed E-state index contributed by atoms with van der Waals surface area (Å²) in [5.41, 5.74) is 4.06. The van der Waals surface area contributed by atoms with E-state index in [1.165, 1.54) is 51.9 Å². The number of hydrogen-bond donors (Lipinski definition) is 1. The molecular weight excluding hydrogens is 645 g/mol. The largest absolute Gasteiger partial charge is 0.573 e. The van der Waals surface area contributed by atoms with Gasteiger partial charge in [0.25, 0.3) is 0 Å². The molecule has 3 amide bonds. The number of nitrogens with one attached hydrogen (secondary N) is 1. The van der Waals surface area contributed by atoms with Crippen molar-refractivity contribution < 1.29 is 32.2 Å². The first-order valence-corrected chi connectivity index (χ1v) is 16.3. The van der Waals surface area contributed by atoms with E-state index in [4.69, 9.17) is 4.74 Å². The van der Waals surface area contributed by atoms with Crippen LogP contribution in [0.4, 0.5) is 23.7 Å². The Bertz CT molecular complexity index is 1770. The zero-order chi connectivity index (χ0) is 34.4. The van der Waals surface area contributed by atoms with Crippen LogP contribution in [0.5, 0.6) is 11.5 Å². The predicted molar refractivity (Wildman–Crippen MR) is 179 cm³/mol. The quantitative estimate of drug-likeness (QED) is 0.174. The Morgan fingerprint density at radius 1 is 1.04 bits per heavy atom. The Labute approximate surface area is 280 Å². The fourth-order valence-corrected chi connectivity index (χ4v) is 6.02. The van der Waals surface area contributed by atoms with Crippen molar-refractivity contribution in [2.45, 2.75) is 58.4 Å². The molecular formula is C34H35F3N6O4S. The number of urea groups is 1. The first kappa shape index (κ1) is 34.5. The maximum absolute atomic E-state index is 12.8. The average Bonchev–Trinajstić information content (AvgIpc) is 3.67. The molecule has 1 unspecified atom stereocenters. The summed E-state index contributed by atoms with van der Waals surface area (Å²) < 4.78 is 48.0. The van der Waals surface area contributed by atoms with Crippen molar-refractivity contribution in [2.24, 2.45) is 4.99 Å². The van der Waals surface area contributed by atoms with Gasteiger partial charge in [0.2, 0.25) is 5.91 Å². The molecule has 1 fully saturated rings. The van der Waals surface area contributed by atoms with E-state index in [0.717, 1.165) is 36.0 Å². The van der Waals surface area contributed by atoms with Crippen LogP contribution >= 0.6 is 11.8 Å². The lowest BCUT2D eigenvalue weighted by atomic mass is 10.00. The van der Waals surface area contributed by atoms with Crippen molar-refractivity contribution in [3.8, 4) is 28.6 Å². The number of halogens is 3. The summed E-state index contributed by atoms with van der Waals surface area (Å²) in [6, 6.07) is 18.1. The van der Waals surface area contributed by atoms with Crippen molar-refractivity contribution in [3.63, 3.8) is 0 Å². The Kier molecular flexibility index (Phi) is 10.7. The molecule has 1 aliphatic heterocycles. The number of nitrogens with zero attached hydrogens (tertiary/aromatic N) is 5. The molecule has 4 aromatic rings. The SMILES string of the molecule is COc1ccc(N2C(=O)CS/C2=N\C(=O)NC(C)CCCc2ccc(-c3ncn(-c4ccc(OC(F)(F)F)cc4)n3)cc2)c(C(C)C)c1. The molecule has 0 spiro atoms. The van der Waals surface area contributed by atoms with Gasteiger partial charge in [-0.3, -0.25) is 9.69 Å². The standard InChI is InChI=1S/C34H35F3N6O4S/c1-21(2)28-18-27(46-4)16-17-29(28)43-30(44)19-48-33(43)40-32(45)39-22(3)6-5-7-23-8-10-24(11-9-23)31-38-20-42(41-31)25-12-14-26(15-13-25)47-34(35,36)37/h8-18,20-22H,5-7,19H2,1-4H3,(H,39,45)/b40-33-. The van der Waals surface area contributed by atoms with Crippen LogP contribution in [0.3, 0.4) is 0 Å².